The molecule has 2 aliphatic rings. The lowest BCUT2D eigenvalue weighted by atomic mass is 9.94. The molecule has 1 fully saturated rings. The van der Waals surface area contributed by atoms with Gasteiger partial charge in [0.1, 0.15) is 0 Å². The minimum atomic E-state index is -0.108. The number of benzene rings is 1. The third kappa shape index (κ3) is 3.76. The van der Waals surface area contributed by atoms with Gasteiger partial charge in [-0.1, -0.05) is 32.3 Å². The second kappa shape index (κ2) is 8.46. The number of imidazole rings is 1. The van der Waals surface area contributed by atoms with E-state index in [1.807, 2.05) is 39.1 Å². The fourth-order valence-corrected chi connectivity index (χ4v) is 5.81. The van der Waals surface area contributed by atoms with E-state index in [2.05, 4.69) is 23.3 Å². The van der Waals surface area contributed by atoms with Crippen molar-refractivity contribution in [2.45, 2.75) is 64.1 Å². The molecule has 1 atom stereocenters. The Bertz CT molecular complexity index is 1100. The molecule has 162 valence electrons. The van der Waals surface area contributed by atoms with E-state index < -0.39 is 0 Å². The maximum absolute atomic E-state index is 13.2. The van der Waals surface area contributed by atoms with Crippen LogP contribution in [0.25, 0.3) is 11.0 Å². The van der Waals surface area contributed by atoms with Gasteiger partial charge in [-0.15, -0.1) is 11.3 Å². The fraction of sp³-hybridized carbons (Fsp3) is 0.458. The number of nitrogens with one attached hydrogen (secondary N) is 1. The summed E-state index contributed by atoms with van der Waals surface area (Å²) in [6.07, 6.45) is 6.70. The number of amides is 2. The van der Waals surface area contributed by atoms with Gasteiger partial charge >= 0.3 is 0 Å². The molecule has 1 aromatic carbocycles. The average molecular weight is 437 g/mol. The first kappa shape index (κ1) is 20.2. The Balaban J connectivity index is 1.39. The first-order chi connectivity index (χ1) is 15.2. The molecular formula is C24H28N4O2S. The largest absolute Gasteiger partial charge is 0.344 e. The van der Waals surface area contributed by atoms with Gasteiger partial charge in [-0.2, -0.15) is 0 Å². The van der Waals surface area contributed by atoms with Crippen LogP contribution in [0.3, 0.4) is 0 Å². The van der Waals surface area contributed by atoms with Crippen molar-refractivity contribution in [3.8, 4) is 0 Å². The van der Waals surface area contributed by atoms with E-state index in [4.69, 9.17) is 0 Å². The van der Waals surface area contributed by atoms with Crippen molar-refractivity contribution in [1.29, 1.82) is 0 Å². The van der Waals surface area contributed by atoms with E-state index in [-0.39, 0.29) is 17.9 Å². The Kier molecular flexibility index (Phi) is 5.52. The number of fused-ring (bicyclic) bond motifs is 3. The fourth-order valence-electron chi connectivity index (χ4n) is 4.94. The lowest BCUT2D eigenvalue weighted by molar-refractivity contribution is 0.0566. The minimum Gasteiger partial charge on any atom is -0.344 e. The molecule has 7 heteroatoms. The summed E-state index contributed by atoms with van der Waals surface area (Å²) in [5, 5.41) is 5.16. The van der Waals surface area contributed by atoms with Crippen LogP contribution in [-0.4, -0.2) is 38.9 Å². The monoisotopic (exact) mass is 436 g/mol. The van der Waals surface area contributed by atoms with Crippen molar-refractivity contribution in [2.75, 3.05) is 6.54 Å². The molecule has 31 heavy (non-hydrogen) atoms. The molecule has 0 radical (unpaired) electrons. The van der Waals surface area contributed by atoms with Crippen LogP contribution in [0.4, 0.5) is 0 Å². The number of thiophene rings is 1. The van der Waals surface area contributed by atoms with E-state index in [1.165, 1.54) is 19.3 Å². The van der Waals surface area contributed by atoms with E-state index in [0.717, 1.165) is 42.7 Å². The van der Waals surface area contributed by atoms with E-state index in [1.54, 1.807) is 11.3 Å². The van der Waals surface area contributed by atoms with E-state index >= 15 is 0 Å². The Labute approximate surface area is 186 Å². The second-order valence-electron chi connectivity index (χ2n) is 8.53. The number of carbonyl (C=O) groups excluding carboxylic acids is 2. The summed E-state index contributed by atoms with van der Waals surface area (Å²) in [4.78, 5) is 33.9. The van der Waals surface area contributed by atoms with Gasteiger partial charge in [-0.05, 0) is 48.9 Å². The molecule has 2 amide bonds. The van der Waals surface area contributed by atoms with Gasteiger partial charge in [0.25, 0.3) is 11.8 Å². The highest BCUT2D eigenvalue weighted by molar-refractivity contribution is 7.10. The molecule has 3 aromatic rings. The van der Waals surface area contributed by atoms with Crippen LogP contribution >= 0.6 is 11.3 Å². The number of carbonyl (C=O) groups is 2. The third-order valence-corrected chi connectivity index (χ3v) is 7.63. The Morgan fingerprint density at radius 2 is 2.06 bits per heavy atom. The smallest absolute Gasteiger partial charge is 0.290 e. The molecule has 3 heterocycles. The van der Waals surface area contributed by atoms with Crippen LogP contribution in [0, 0.1) is 0 Å². The van der Waals surface area contributed by atoms with Crippen molar-refractivity contribution in [1.82, 2.24) is 19.8 Å². The topological polar surface area (TPSA) is 67.2 Å². The molecule has 1 saturated carbocycles. The second-order valence-corrected chi connectivity index (χ2v) is 9.51. The van der Waals surface area contributed by atoms with Crippen LogP contribution in [0.5, 0.6) is 0 Å². The van der Waals surface area contributed by atoms with Gasteiger partial charge in [-0.25, -0.2) is 4.98 Å². The number of nitrogens with zero attached hydrogens (tertiary/aromatic N) is 3. The zero-order chi connectivity index (χ0) is 21.4. The highest BCUT2D eigenvalue weighted by Gasteiger charge is 2.33. The minimum absolute atomic E-state index is 0.00373. The first-order valence-electron chi connectivity index (χ1n) is 11.3. The molecule has 6 nitrogen and oxygen atoms in total. The summed E-state index contributed by atoms with van der Waals surface area (Å²) in [5.74, 6) is 0.432. The summed E-state index contributed by atoms with van der Waals surface area (Å²) in [6, 6.07) is 9.99. The summed E-state index contributed by atoms with van der Waals surface area (Å²) < 4.78 is 2.01. The van der Waals surface area contributed by atoms with Crippen LogP contribution < -0.4 is 5.32 Å². The van der Waals surface area contributed by atoms with Gasteiger partial charge < -0.3 is 14.8 Å². The summed E-state index contributed by atoms with van der Waals surface area (Å²) in [6.45, 7) is 3.57. The molecule has 5 rings (SSSR count). The molecule has 0 saturated heterocycles. The first-order valence-corrected chi connectivity index (χ1v) is 12.2. The lowest BCUT2D eigenvalue weighted by Gasteiger charge is -2.36. The Morgan fingerprint density at radius 1 is 1.23 bits per heavy atom. The molecule has 2 aromatic heterocycles. The van der Waals surface area contributed by atoms with Gasteiger partial charge in [0.2, 0.25) is 0 Å². The number of hydrogen-bond acceptors (Lipinski definition) is 4. The van der Waals surface area contributed by atoms with Crippen LogP contribution in [0.2, 0.25) is 0 Å². The third-order valence-electron chi connectivity index (χ3n) is 6.64. The Hall–Kier alpha value is -2.67. The normalized spacial score (nSPS) is 18.2. The van der Waals surface area contributed by atoms with E-state index in [9.17, 15) is 9.59 Å². The number of hydrogen-bond donors (Lipinski definition) is 1. The molecule has 0 spiro atoms. The SMILES string of the molecule is CC[C@H](NC(=O)c1ccc2c(c1)nc1n2CCN(C2CCCCC2)C1=O)c1cccs1. The molecule has 1 aliphatic heterocycles. The van der Waals surface area contributed by atoms with Crippen molar-refractivity contribution < 1.29 is 9.59 Å². The number of aromatic nitrogens is 2. The maximum Gasteiger partial charge on any atom is 0.290 e. The predicted octanol–water partition coefficient (Wildman–Crippen LogP) is 4.77. The average Bonchev–Trinajstić information content (AvgIpc) is 3.46. The lowest BCUT2D eigenvalue weighted by Crippen LogP contribution is -2.47. The van der Waals surface area contributed by atoms with Crippen LogP contribution in [0.1, 0.15) is 77.3 Å². The molecule has 0 unspecified atom stereocenters. The molecule has 1 aliphatic carbocycles. The standard InChI is InChI=1S/C24H28N4O2S/c1-2-18(21-9-6-14-31-21)26-23(29)16-10-11-20-19(15-16)25-22-24(30)27(12-13-28(20)22)17-7-4-3-5-8-17/h6,9-11,14-15,17-18H,2-5,7-8,12-13H2,1H3,(H,26,29)/t18-/m0/s1. The number of rotatable bonds is 5. The molecule has 0 bridgehead atoms. The van der Waals surface area contributed by atoms with Crippen molar-refractivity contribution in [3.63, 3.8) is 0 Å². The highest BCUT2D eigenvalue weighted by atomic mass is 32.1. The maximum atomic E-state index is 13.2. The predicted molar refractivity (Wildman–Crippen MR) is 122 cm³/mol. The summed E-state index contributed by atoms with van der Waals surface area (Å²) in [7, 11) is 0. The van der Waals surface area contributed by atoms with Crippen molar-refractivity contribution in [2.24, 2.45) is 0 Å². The van der Waals surface area contributed by atoms with Crippen LogP contribution in [0.15, 0.2) is 35.7 Å². The van der Waals surface area contributed by atoms with Gasteiger partial charge in [-0.3, -0.25) is 9.59 Å². The van der Waals surface area contributed by atoms with Crippen LogP contribution in [-0.2, 0) is 6.54 Å². The van der Waals surface area contributed by atoms with Crippen molar-refractivity contribution >= 4 is 34.2 Å². The van der Waals surface area contributed by atoms with Gasteiger partial charge in [0.15, 0.2) is 5.82 Å². The quantitative estimate of drug-likeness (QED) is 0.627. The van der Waals surface area contributed by atoms with Gasteiger partial charge in [0, 0.05) is 29.6 Å². The zero-order valence-electron chi connectivity index (χ0n) is 17.8. The summed E-state index contributed by atoms with van der Waals surface area (Å²) in [5.41, 5.74) is 2.22. The summed E-state index contributed by atoms with van der Waals surface area (Å²) >= 11 is 1.65. The molecular weight excluding hydrogens is 408 g/mol. The van der Waals surface area contributed by atoms with Gasteiger partial charge in [0.05, 0.1) is 17.1 Å². The van der Waals surface area contributed by atoms with Crippen molar-refractivity contribution in [3.05, 3.63) is 52.0 Å². The van der Waals surface area contributed by atoms with E-state index in [0.29, 0.717) is 22.9 Å². The highest BCUT2D eigenvalue weighted by Crippen LogP contribution is 2.28. The molecule has 1 N–H and O–H groups in total. The Morgan fingerprint density at radius 3 is 2.81 bits per heavy atom. The zero-order valence-corrected chi connectivity index (χ0v) is 18.7.